The van der Waals surface area contributed by atoms with Gasteiger partial charge in [0.05, 0.1) is 19.3 Å². The van der Waals surface area contributed by atoms with Crippen molar-refractivity contribution in [2.24, 2.45) is 0 Å². The van der Waals surface area contributed by atoms with Crippen LogP contribution in [0.5, 0.6) is 5.88 Å². The fourth-order valence-corrected chi connectivity index (χ4v) is 2.21. The van der Waals surface area contributed by atoms with E-state index < -0.39 is 0 Å². The summed E-state index contributed by atoms with van der Waals surface area (Å²) in [7, 11) is 0. The van der Waals surface area contributed by atoms with Gasteiger partial charge < -0.3 is 9.47 Å². The van der Waals surface area contributed by atoms with Crippen LogP contribution in [0, 0.1) is 0 Å². The lowest BCUT2D eigenvalue weighted by Crippen LogP contribution is -2.38. The zero-order valence-corrected chi connectivity index (χ0v) is 11.2. The van der Waals surface area contributed by atoms with Gasteiger partial charge in [0.2, 0.25) is 5.88 Å². The smallest absolute Gasteiger partial charge is 0.261 e. The number of hydrogen-bond acceptors (Lipinski definition) is 5. The van der Waals surface area contributed by atoms with Crippen molar-refractivity contribution in [2.75, 3.05) is 39.5 Å². The Labute approximate surface area is 116 Å². The molecule has 6 nitrogen and oxygen atoms in total. The van der Waals surface area contributed by atoms with E-state index in [1.54, 1.807) is 18.3 Å². The van der Waals surface area contributed by atoms with E-state index in [2.05, 4.69) is 9.88 Å². The molecule has 0 N–H and O–H groups in total. The molecule has 0 unspecified atom stereocenters. The Kier molecular flexibility index (Phi) is 3.94. The molecule has 2 aromatic rings. The van der Waals surface area contributed by atoms with Gasteiger partial charge in [-0.05, 0) is 12.1 Å². The summed E-state index contributed by atoms with van der Waals surface area (Å²) in [4.78, 5) is 18.5. The van der Waals surface area contributed by atoms with E-state index in [1.807, 2.05) is 6.07 Å². The molecular weight excluding hydrogens is 258 g/mol. The van der Waals surface area contributed by atoms with Crippen LogP contribution in [0.25, 0.3) is 5.65 Å². The van der Waals surface area contributed by atoms with Crippen LogP contribution in [-0.2, 0) is 4.74 Å². The summed E-state index contributed by atoms with van der Waals surface area (Å²) in [6.45, 7) is 4.74. The molecule has 0 saturated carbocycles. The number of pyridine rings is 1. The summed E-state index contributed by atoms with van der Waals surface area (Å²) in [6, 6.07) is 6.86. The molecule has 1 aliphatic rings. The summed E-state index contributed by atoms with van der Waals surface area (Å²) in [6.07, 6.45) is 1.70. The standard InChI is InChI=1S/C14H17N3O3/c18-14-11-13(15-12-3-1-2-4-17(12)14)20-10-7-16-5-8-19-9-6-16/h1-4,11H,5-10H2. The largest absolute Gasteiger partial charge is 0.476 e. The Morgan fingerprint density at radius 2 is 2.15 bits per heavy atom. The van der Waals surface area contributed by atoms with E-state index in [-0.39, 0.29) is 5.56 Å². The van der Waals surface area contributed by atoms with Crippen molar-refractivity contribution in [3.05, 3.63) is 40.8 Å². The van der Waals surface area contributed by atoms with E-state index in [0.29, 0.717) is 18.1 Å². The van der Waals surface area contributed by atoms with Gasteiger partial charge in [0.15, 0.2) is 0 Å². The molecule has 6 heteroatoms. The summed E-state index contributed by atoms with van der Waals surface area (Å²) < 4.78 is 12.4. The number of aromatic nitrogens is 2. The minimum absolute atomic E-state index is 0.128. The first-order valence-corrected chi connectivity index (χ1v) is 6.74. The Morgan fingerprint density at radius 3 is 3.00 bits per heavy atom. The van der Waals surface area contributed by atoms with Gasteiger partial charge in [0, 0.05) is 25.8 Å². The van der Waals surface area contributed by atoms with Crippen molar-refractivity contribution in [1.82, 2.24) is 14.3 Å². The molecule has 2 aromatic heterocycles. The number of ether oxygens (including phenoxy) is 2. The second-order valence-electron chi connectivity index (χ2n) is 4.66. The molecule has 20 heavy (non-hydrogen) atoms. The third-order valence-corrected chi connectivity index (χ3v) is 3.31. The SMILES string of the molecule is O=c1cc(OCCN2CCOCC2)nc2ccccn12. The highest BCUT2D eigenvalue weighted by Gasteiger charge is 2.10. The Bertz CT molecular complexity index is 635. The summed E-state index contributed by atoms with van der Waals surface area (Å²) in [5, 5.41) is 0. The van der Waals surface area contributed by atoms with Gasteiger partial charge in [0.1, 0.15) is 12.3 Å². The van der Waals surface area contributed by atoms with Crippen LogP contribution in [0.3, 0.4) is 0 Å². The van der Waals surface area contributed by atoms with E-state index >= 15 is 0 Å². The number of hydrogen-bond donors (Lipinski definition) is 0. The fourth-order valence-electron chi connectivity index (χ4n) is 2.21. The Balaban J connectivity index is 1.64. The summed E-state index contributed by atoms with van der Waals surface area (Å²) >= 11 is 0. The summed E-state index contributed by atoms with van der Waals surface area (Å²) in [5.74, 6) is 0.384. The van der Waals surface area contributed by atoms with Crippen LogP contribution in [0.15, 0.2) is 35.3 Å². The monoisotopic (exact) mass is 275 g/mol. The molecule has 1 saturated heterocycles. The van der Waals surface area contributed by atoms with Crippen LogP contribution in [0.4, 0.5) is 0 Å². The van der Waals surface area contributed by atoms with Crippen molar-refractivity contribution in [3.8, 4) is 5.88 Å². The van der Waals surface area contributed by atoms with Crippen LogP contribution in [0.1, 0.15) is 0 Å². The highest BCUT2D eigenvalue weighted by Crippen LogP contribution is 2.06. The molecule has 0 atom stereocenters. The Hall–Kier alpha value is -1.92. The molecular formula is C14H17N3O3. The van der Waals surface area contributed by atoms with E-state index in [1.165, 1.54) is 10.5 Å². The number of rotatable bonds is 4. The van der Waals surface area contributed by atoms with Gasteiger partial charge in [-0.1, -0.05) is 6.07 Å². The number of nitrogens with zero attached hydrogens (tertiary/aromatic N) is 3. The van der Waals surface area contributed by atoms with Crippen molar-refractivity contribution in [3.63, 3.8) is 0 Å². The molecule has 0 bridgehead atoms. The van der Waals surface area contributed by atoms with Gasteiger partial charge in [0.25, 0.3) is 5.56 Å². The first-order valence-electron chi connectivity index (χ1n) is 6.74. The molecule has 0 radical (unpaired) electrons. The number of fused-ring (bicyclic) bond motifs is 1. The zero-order chi connectivity index (χ0) is 13.8. The Morgan fingerprint density at radius 1 is 1.30 bits per heavy atom. The first-order chi connectivity index (χ1) is 9.83. The molecule has 1 fully saturated rings. The maximum absolute atomic E-state index is 11.9. The van der Waals surface area contributed by atoms with Crippen LogP contribution in [-0.4, -0.2) is 53.7 Å². The third-order valence-electron chi connectivity index (χ3n) is 3.31. The fraction of sp³-hybridized carbons (Fsp3) is 0.429. The van der Waals surface area contributed by atoms with Crippen molar-refractivity contribution < 1.29 is 9.47 Å². The second-order valence-corrected chi connectivity index (χ2v) is 4.66. The van der Waals surface area contributed by atoms with Crippen LogP contribution in [0.2, 0.25) is 0 Å². The normalized spacial score (nSPS) is 16.4. The third kappa shape index (κ3) is 2.97. The minimum atomic E-state index is -0.128. The molecule has 3 heterocycles. The van der Waals surface area contributed by atoms with Crippen molar-refractivity contribution in [2.45, 2.75) is 0 Å². The van der Waals surface area contributed by atoms with Crippen molar-refractivity contribution >= 4 is 5.65 Å². The van der Waals surface area contributed by atoms with E-state index in [0.717, 1.165) is 32.8 Å². The van der Waals surface area contributed by atoms with Gasteiger partial charge in [-0.15, -0.1) is 0 Å². The van der Waals surface area contributed by atoms with Gasteiger partial charge >= 0.3 is 0 Å². The maximum Gasteiger partial charge on any atom is 0.261 e. The lowest BCUT2D eigenvalue weighted by Gasteiger charge is -2.26. The van der Waals surface area contributed by atoms with E-state index in [4.69, 9.17) is 9.47 Å². The van der Waals surface area contributed by atoms with Gasteiger partial charge in [-0.2, -0.15) is 4.98 Å². The lowest BCUT2D eigenvalue weighted by atomic mass is 10.4. The van der Waals surface area contributed by atoms with Gasteiger partial charge in [-0.25, -0.2) is 0 Å². The molecule has 0 aromatic carbocycles. The average Bonchev–Trinajstić information content (AvgIpc) is 2.48. The highest BCUT2D eigenvalue weighted by atomic mass is 16.5. The molecule has 106 valence electrons. The van der Waals surface area contributed by atoms with Crippen molar-refractivity contribution in [1.29, 1.82) is 0 Å². The second kappa shape index (κ2) is 6.02. The minimum Gasteiger partial charge on any atom is -0.476 e. The van der Waals surface area contributed by atoms with Crippen LogP contribution < -0.4 is 10.3 Å². The molecule has 3 rings (SSSR count). The number of morpholine rings is 1. The molecule has 0 aliphatic carbocycles. The average molecular weight is 275 g/mol. The predicted molar refractivity (Wildman–Crippen MR) is 74.2 cm³/mol. The predicted octanol–water partition coefficient (Wildman–Crippen LogP) is 0.405. The highest BCUT2D eigenvalue weighted by molar-refractivity contribution is 5.39. The summed E-state index contributed by atoms with van der Waals surface area (Å²) in [5.41, 5.74) is 0.471. The molecule has 0 spiro atoms. The molecule has 1 aliphatic heterocycles. The maximum atomic E-state index is 11.9. The molecule has 0 amide bonds. The topological polar surface area (TPSA) is 56.1 Å². The lowest BCUT2D eigenvalue weighted by molar-refractivity contribution is 0.0320. The first kappa shape index (κ1) is 13.1. The zero-order valence-electron chi connectivity index (χ0n) is 11.2. The van der Waals surface area contributed by atoms with Gasteiger partial charge in [-0.3, -0.25) is 14.1 Å². The quantitative estimate of drug-likeness (QED) is 0.808. The van der Waals surface area contributed by atoms with Crippen LogP contribution >= 0.6 is 0 Å². The van der Waals surface area contributed by atoms with E-state index in [9.17, 15) is 4.79 Å².